The second-order valence-electron chi connectivity index (χ2n) is 8.89. The van der Waals surface area contributed by atoms with E-state index in [1.165, 1.54) is 11.8 Å². The molecule has 0 amide bonds. The molecule has 1 fully saturated rings. The monoisotopic (exact) mass is 446 g/mol. The Morgan fingerprint density at radius 1 is 1.17 bits per heavy atom. The highest BCUT2D eigenvalue weighted by molar-refractivity contribution is 7.98. The molecular weight excluding hydrogens is 412 g/mol. The number of hydrogen-bond donors (Lipinski definition) is 3. The Hall–Kier alpha value is -0.940. The molecule has 1 aromatic heterocycles. The van der Waals surface area contributed by atoms with Gasteiger partial charge in [-0.05, 0) is 60.6 Å². The largest absolute Gasteiger partial charge is 0.367 e. The smallest absolute Gasteiger partial charge is 0.209 e. The van der Waals surface area contributed by atoms with Gasteiger partial charge in [0, 0.05) is 28.8 Å². The van der Waals surface area contributed by atoms with Crippen molar-refractivity contribution in [1.29, 1.82) is 0 Å². The zero-order chi connectivity index (χ0) is 22.2. The van der Waals surface area contributed by atoms with Gasteiger partial charge in [-0.1, -0.05) is 11.8 Å². The second-order valence-corrected chi connectivity index (χ2v) is 11.4. The molecule has 0 aliphatic heterocycles. The maximum Gasteiger partial charge on any atom is 0.209 e. The van der Waals surface area contributed by atoms with E-state index in [2.05, 4.69) is 20.0 Å². The highest BCUT2D eigenvalue weighted by atomic mass is 32.2. The fourth-order valence-corrected chi connectivity index (χ4v) is 5.48. The van der Waals surface area contributed by atoms with Gasteiger partial charge in [0.1, 0.15) is 5.82 Å². The molecule has 0 radical (unpaired) electrons. The summed E-state index contributed by atoms with van der Waals surface area (Å²) < 4.78 is 32.4. The van der Waals surface area contributed by atoms with Crippen LogP contribution in [0, 0.1) is 19.8 Å². The number of nitrogens with zero attached hydrogens (tertiary/aromatic N) is 2. The Kier molecular flexibility index (Phi) is 7.27. The van der Waals surface area contributed by atoms with Crippen LogP contribution in [0.25, 0.3) is 0 Å². The SMILES string of the molecule is CSc1nc(C)c(C)c(NC2CC(C(C)(C)NS(C)(=O)=O)[C@@H](OC(C)(C)O)C2)n1. The Morgan fingerprint density at radius 3 is 2.31 bits per heavy atom. The van der Waals surface area contributed by atoms with Crippen molar-refractivity contribution in [3.63, 3.8) is 0 Å². The van der Waals surface area contributed by atoms with Crippen molar-refractivity contribution < 1.29 is 18.3 Å². The molecule has 29 heavy (non-hydrogen) atoms. The molecule has 2 rings (SSSR count). The van der Waals surface area contributed by atoms with Crippen LogP contribution < -0.4 is 10.0 Å². The third-order valence-electron chi connectivity index (χ3n) is 5.21. The fourth-order valence-electron chi connectivity index (χ4n) is 3.96. The molecule has 1 aliphatic rings. The normalized spacial score (nSPS) is 23.4. The van der Waals surface area contributed by atoms with Crippen LogP contribution in [0.1, 0.15) is 51.8 Å². The maximum atomic E-state index is 11.9. The molecule has 10 heteroatoms. The first-order valence-corrected chi connectivity index (χ1v) is 12.8. The lowest BCUT2D eigenvalue weighted by Crippen LogP contribution is -2.52. The van der Waals surface area contributed by atoms with Crippen molar-refractivity contribution in [3.05, 3.63) is 11.3 Å². The molecule has 3 N–H and O–H groups in total. The Bertz CT molecular complexity index is 837. The van der Waals surface area contributed by atoms with E-state index < -0.39 is 21.3 Å². The Balaban J connectivity index is 2.29. The number of sulfonamides is 1. The van der Waals surface area contributed by atoms with Crippen molar-refractivity contribution >= 4 is 27.6 Å². The highest BCUT2D eigenvalue weighted by Crippen LogP contribution is 2.39. The second kappa shape index (κ2) is 8.66. The summed E-state index contributed by atoms with van der Waals surface area (Å²) in [7, 11) is -3.40. The summed E-state index contributed by atoms with van der Waals surface area (Å²) in [5.41, 5.74) is 1.17. The van der Waals surface area contributed by atoms with E-state index in [0.717, 1.165) is 23.3 Å². The summed E-state index contributed by atoms with van der Waals surface area (Å²) in [6.07, 6.45) is 4.07. The van der Waals surface area contributed by atoms with E-state index in [-0.39, 0.29) is 18.1 Å². The first kappa shape index (κ1) is 24.3. The number of aryl methyl sites for hydroxylation is 1. The topological polar surface area (TPSA) is 113 Å². The standard InChI is InChI=1S/C19H34N4O4S2/c1-11-12(2)20-17(28-7)22-16(11)21-13-9-14(15(10-13)27-19(5,6)24)18(3,4)23-29(8,25)26/h13-15,23-24H,9-10H2,1-8H3,(H,20,21,22)/t13?,14?,15-/m0/s1. The minimum absolute atomic E-state index is 0.0238. The number of ether oxygens (including phenoxy) is 1. The first-order valence-electron chi connectivity index (χ1n) is 9.66. The average molecular weight is 447 g/mol. The molecule has 3 atom stereocenters. The van der Waals surface area contributed by atoms with Crippen LogP contribution in [0.2, 0.25) is 0 Å². The van der Waals surface area contributed by atoms with Crippen molar-refractivity contribution in [2.24, 2.45) is 5.92 Å². The van der Waals surface area contributed by atoms with Gasteiger partial charge >= 0.3 is 0 Å². The Morgan fingerprint density at radius 2 is 1.79 bits per heavy atom. The zero-order valence-electron chi connectivity index (χ0n) is 18.5. The van der Waals surface area contributed by atoms with E-state index in [0.29, 0.717) is 18.0 Å². The predicted octanol–water partition coefficient (Wildman–Crippen LogP) is 2.45. The van der Waals surface area contributed by atoms with E-state index in [1.54, 1.807) is 13.8 Å². The molecule has 0 bridgehead atoms. The van der Waals surface area contributed by atoms with Gasteiger partial charge in [-0.2, -0.15) is 0 Å². The van der Waals surface area contributed by atoms with Crippen LogP contribution >= 0.6 is 11.8 Å². The average Bonchev–Trinajstić information content (AvgIpc) is 2.90. The van der Waals surface area contributed by atoms with Gasteiger partial charge < -0.3 is 15.2 Å². The van der Waals surface area contributed by atoms with Crippen LogP contribution in [0.3, 0.4) is 0 Å². The van der Waals surface area contributed by atoms with E-state index in [1.807, 2.05) is 34.0 Å². The molecule has 1 saturated carbocycles. The van der Waals surface area contributed by atoms with E-state index >= 15 is 0 Å². The van der Waals surface area contributed by atoms with Crippen molar-refractivity contribution in [1.82, 2.24) is 14.7 Å². The fraction of sp³-hybridized carbons (Fsp3) is 0.789. The lowest BCUT2D eigenvalue weighted by molar-refractivity contribution is -0.216. The molecule has 166 valence electrons. The molecular formula is C19H34N4O4S2. The third-order valence-corrected chi connectivity index (χ3v) is 6.66. The third kappa shape index (κ3) is 6.78. The van der Waals surface area contributed by atoms with Crippen molar-refractivity contribution in [3.8, 4) is 0 Å². The lowest BCUT2D eigenvalue weighted by atomic mass is 9.85. The van der Waals surface area contributed by atoms with Gasteiger partial charge in [0.25, 0.3) is 0 Å². The quantitative estimate of drug-likeness (QED) is 0.317. The highest BCUT2D eigenvalue weighted by Gasteiger charge is 2.46. The Labute approximate surface area is 178 Å². The van der Waals surface area contributed by atoms with Gasteiger partial charge in [0.2, 0.25) is 10.0 Å². The number of anilines is 1. The summed E-state index contributed by atoms with van der Waals surface area (Å²) in [6, 6.07) is 0.0238. The van der Waals surface area contributed by atoms with Gasteiger partial charge in [-0.25, -0.2) is 23.1 Å². The molecule has 0 spiro atoms. The minimum Gasteiger partial charge on any atom is -0.367 e. The summed E-state index contributed by atoms with van der Waals surface area (Å²) in [5, 5.41) is 14.4. The molecule has 8 nitrogen and oxygen atoms in total. The first-order chi connectivity index (χ1) is 13.1. The summed E-state index contributed by atoms with van der Waals surface area (Å²) in [6.45, 7) is 10.8. The van der Waals surface area contributed by atoms with Crippen LogP contribution in [0.15, 0.2) is 5.16 Å². The maximum absolute atomic E-state index is 11.9. The number of rotatable bonds is 8. The van der Waals surface area contributed by atoms with Gasteiger partial charge in [0.05, 0.1) is 12.4 Å². The number of hydrogen-bond acceptors (Lipinski definition) is 8. The van der Waals surface area contributed by atoms with Crippen LogP contribution in [-0.4, -0.2) is 59.5 Å². The van der Waals surface area contributed by atoms with E-state index in [9.17, 15) is 13.5 Å². The zero-order valence-corrected chi connectivity index (χ0v) is 20.2. The van der Waals surface area contributed by atoms with Gasteiger partial charge in [-0.3, -0.25) is 0 Å². The van der Waals surface area contributed by atoms with Crippen LogP contribution in [0.4, 0.5) is 5.82 Å². The number of nitrogens with one attached hydrogen (secondary N) is 2. The number of thioether (sulfide) groups is 1. The summed E-state index contributed by atoms with van der Waals surface area (Å²) in [5.74, 6) is -0.667. The van der Waals surface area contributed by atoms with Crippen molar-refractivity contribution in [2.75, 3.05) is 17.8 Å². The number of aliphatic hydroxyl groups is 1. The summed E-state index contributed by atoms with van der Waals surface area (Å²) >= 11 is 1.49. The molecule has 0 saturated heterocycles. The van der Waals surface area contributed by atoms with E-state index in [4.69, 9.17) is 4.74 Å². The van der Waals surface area contributed by atoms with Crippen LogP contribution in [0.5, 0.6) is 0 Å². The summed E-state index contributed by atoms with van der Waals surface area (Å²) in [4.78, 5) is 9.06. The molecule has 1 aromatic rings. The molecule has 1 aliphatic carbocycles. The van der Waals surface area contributed by atoms with Gasteiger partial charge in [0.15, 0.2) is 10.9 Å². The lowest BCUT2D eigenvalue weighted by Gasteiger charge is -2.37. The van der Waals surface area contributed by atoms with Crippen molar-refractivity contribution in [2.45, 2.75) is 83.0 Å². The predicted molar refractivity (Wildman–Crippen MR) is 117 cm³/mol. The molecule has 0 aromatic carbocycles. The number of aromatic nitrogens is 2. The minimum atomic E-state index is -3.40. The molecule has 2 unspecified atom stereocenters. The molecule has 1 heterocycles. The van der Waals surface area contributed by atoms with Crippen LogP contribution in [-0.2, 0) is 14.8 Å². The van der Waals surface area contributed by atoms with Gasteiger partial charge in [-0.15, -0.1) is 0 Å².